The van der Waals surface area contributed by atoms with Gasteiger partial charge in [0.25, 0.3) is 11.7 Å². The van der Waals surface area contributed by atoms with E-state index >= 15 is 0 Å². The Bertz CT molecular complexity index is 1610. The molecular weight excluding hydrogens is 497 g/mol. The van der Waals surface area contributed by atoms with Crippen LogP contribution < -0.4 is 14.4 Å². The van der Waals surface area contributed by atoms with Crippen LogP contribution in [0.2, 0.25) is 0 Å². The standard InChI is InChI=1S/C32H26FNO5/c1-19-16-27(38-3)20(2)15-26(19)30(35)28-29(34(32(37)31(28)36)23-11-8-10-22(33)18-23)21-9-7-14-25(17-21)39-24-12-5-4-6-13-24/h4-18,29,35H,1-3H3/b30-28+. The molecule has 1 aliphatic rings. The molecule has 1 saturated heterocycles. The molecule has 4 aromatic rings. The van der Waals surface area contributed by atoms with Crippen LogP contribution in [0.3, 0.4) is 0 Å². The lowest BCUT2D eigenvalue weighted by molar-refractivity contribution is -0.132. The van der Waals surface area contributed by atoms with Crippen molar-refractivity contribution in [2.24, 2.45) is 0 Å². The first-order valence-electron chi connectivity index (χ1n) is 12.3. The number of ether oxygens (including phenoxy) is 2. The fourth-order valence-electron chi connectivity index (χ4n) is 4.82. The summed E-state index contributed by atoms with van der Waals surface area (Å²) in [5, 5.41) is 11.6. The van der Waals surface area contributed by atoms with E-state index in [1.807, 2.05) is 25.1 Å². The van der Waals surface area contributed by atoms with Crippen molar-refractivity contribution in [3.8, 4) is 17.2 Å². The number of para-hydroxylation sites is 1. The zero-order chi connectivity index (χ0) is 27.7. The zero-order valence-electron chi connectivity index (χ0n) is 21.6. The summed E-state index contributed by atoms with van der Waals surface area (Å²) < 4.78 is 25.6. The number of amides is 1. The van der Waals surface area contributed by atoms with Crippen LogP contribution in [0.1, 0.15) is 28.3 Å². The molecule has 1 unspecified atom stereocenters. The van der Waals surface area contributed by atoms with Gasteiger partial charge in [-0.3, -0.25) is 14.5 Å². The highest BCUT2D eigenvalue weighted by atomic mass is 19.1. The summed E-state index contributed by atoms with van der Waals surface area (Å²) in [5.41, 5.74) is 2.40. The number of aliphatic hydroxyl groups is 1. The van der Waals surface area contributed by atoms with Gasteiger partial charge in [-0.05, 0) is 85.1 Å². The summed E-state index contributed by atoms with van der Waals surface area (Å²) in [6.45, 7) is 3.60. The number of anilines is 1. The molecule has 1 aliphatic heterocycles. The van der Waals surface area contributed by atoms with Gasteiger partial charge in [0, 0.05) is 11.3 Å². The van der Waals surface area contributed by atoms with E-state index in [2.05, 4.69) is 0 Å². The van der Waals surface area contributed by atoms with Crippen LogP contribution in [0.25, 0.3) is 5.76 Å². The molecule has 1 fully saturated rings. The summed E-state index contributed by atoms with van der Waals surface area (Å²) in [5.74, 6) is -0.913. The second-order valence-corrected chi connectivity index (χ2v) is 9.27. The smallest absolute Gasteiger partial charge is 0.300 e. The number of Topliss-reactive ketones (excluding diaryl/α,β-unsaturated/α-hetero) is 1. The van der Waals surface area contributed by atoms with E-state index < -0.39 is 23.5 Å². The first kappa shape index (κ1) is 25.7. The summed E-state index contributed by atoms with van der Waals surface area (Å²) in [7, 11) is 1.55. The highest BCUT2D eigenvalue weighted by molar-refractivity contribution is 6.51. The summed E-state index contributed by atoms with van der Waals surface area (Å²) in [4.78, 5) is 28.2. The SMILES string of the molecule is COc1cc(C)c(/C(O)=C2\C(=O)C(=O)N(c3cccc(F)c3)C2c2cccc(Oc3ccccc3)c2)cc1C. The molecule has 5 rings (SSSR count). The average molecular weight is 524 g/mol. The minimum Gasteiger partial charge on any atom is -0.507 e. The molecule has 0 spiro atoms. The molecule has 1 atom stereocenters. The predicted octanol–water partition coefficient (Wildman–Crippen LogP) is 6.87. The molecule has 0 aliphatic carbocycles. The Hall–Kier alpha value is -4.91. The van der Waals surface area contributed by atoms with Gasteiger partial charge >= 0.3 is 0 Å². The molecule has 0 radical (unpaired) electrons. The lowest BCUT2D eigenvalue weighted by Gasteiger charge is -2.26. The van der Waals surface area contributed by atoms with Gasteiger partial charge in [0.05, 0.1) is 18.7 Å². The molecule has 1 heterocycles. The third-order valence-corrected chi connectivity index (χ3v) is 6.68. The summed E-state index contributed by atoms with van der Waals surface area (Å²) in [6.07, 6.45) is 0. The van der Waals surface area contributed by atoms with Gasteiger partial charge < -0.3 is 14.6 Å². The quantitative estimate of drug-likeness (QED) is 0.170. The summed E-state index contributed by atoms with van der Waals surface area (Å²) in [6, 6.07) is 24.0. The van der Waals surface area contributed by atoms with E-state index in [-0.39, 0.29) is 17.0 Å². The van der Waals surface area contributed by atoms with Crippen molar-refractivity contribution < 1.29 is 28.6 Å². The van der Waals surface area contributed by atoms with Crippen molar-refractivity contribution in [2.75, 3.05) is 12.0 Å². The maximum absolute atomic E-state index is 14.3. The van der Waals surface area contributed by atoms with Crippen LogP contribution in [-0.2, 0) is 9.59 Å². The second-order valence-electron chi connectivity index (χ2n) is 9.27. The maximum atomic E-state index is 14.3. The van der Waals surface area contributed by atoms with Crippen molar-refractivity contribution in [3.05, 3.63) is 125 Å². The van der Waals surface area contributed by atoms with Gasteiger partial charge in [0.2, 0.25) is 0 Å². The first-order valence-corrected chi connectivity index (χ1v) is 12.3. The monoisotopic (exact) mass is 523 g/mol. The lowest BCUT2D eigenvalue weighted by Crippen LogP contribution is -2.29. The van der Waals surface area contributed by atoms with E-state index in [4.69, 9.17) is 9.47 Å². The minimum atomic E-state index is -1.03. The first-order chi connectivity index (χ1) is 18.8. The number of halogens is 1. The van der Waals surface area contributed by atoms with Crippen molar-refractivity contribution in [1.82, 2.24) is 0 Å². The molecule has 196 valence electrons. The van der Waals surface area contributed by atoms with Gasteiger partial charge in [-0.2, -0.15) is 0 Å². The fraction of sp³-hybridized carbons (Fsp3) is 0.125. The van der Waals surface area contributed by atoms with Crippen LogP contribution in [0.4, 0.5) is 10.1 Å². The number of aliphatic hydroxyl groups excluding tert-OH is 1. The number of aryl methyl sites for hydroxylation is 2. The number of benzene rings is 4. The molecule has 0 saturated carbocycles. The number of carbonyl (C=O) groups is 2. The Kier molecular flexibility index (Phi) is 6.90. The van der Waals surface area contributed by atoms with Crippen molar-refractivity contribution in [2.45, 2.75) is 19.9 Å². The molecule has 1 N–H and O–H groups in total. The molecule has 7 heteroatoms. The van der Waals surface area contributed by atoms with E-state index in [1.54, 1.807) is 68.6 Å². The van der Waals surface area contributed by atoms with Gasteiger partial charge in [-0.25, -0.2) is 4.39 Å². The molecular formula is C32H26FNO5. The average Bonchev–Trinajstić information content (AvgIpc) is 3.20. The van der Waals surface area contributed by atoms with Gasteiger partial charge in [-0.1, -0.05) is 36.4 Å². The van der Waals surface area contributed by atoms with Crippen LogP contribution in [0.5, 0.6) is 17.2 Å². The summed E-state index contributed by atoms with van der Waals surface area (Å²) >= 11 is 0. The third kappa shape index (κ3) is 4.86. The largest absolute Gasteiger partial charge is 0.507 e. The highest BCUT2D eigenvalue weighted by Crippen LogP contribution is 2.44. The number of rotatable bonds is 6. The topological polar surface area (TPSA) is 76.1 Å². The van der Waals surface area contributed by atoms with E-state index in [9.17, 15) is 19.1 Å². The number of ketones is 1. The Morgan fingerprint density at radius 2 is 1.56 bits per heavy atom. The third-order valence-electron chi connectivity index (χ3n) is 6.68. The lowest BCUT2D eigenvalue weighted by atomic mass is 9.93. The van der Waals surface area contributed by atoms with E-state index in [0.29, 0.717) is 33.9 Å². The Morgan fingerprint density at radius 3 is 2.28 bits per heavy atom. The fourth-order valence-corrected chi connectivity index (χ4v) is 4.82. The number of methoxy groups -OCH3 is 1. The molecule has 39 heavy (non-hydrogen) atoms. The number of hydrogen-bond acceptors (Lipinski definition) is 5. The van der Waals surface area contributed by atoms with Crippen molar-refractivity contribution in [3.63, 3.8) is 0 Å². The van der Waals surface area contributed by atoms with E-state index in [1.165, 1.54) is 23.1 Å². The van der Waals surface area contributed by atoms with Crippen molar-refractivity contribution in [1.29, 1.82) is 0 Å². The Labute approximate surface area is 225 Å². The van der Waals surface area contributed by atoms with Crippen molar-refractivity contribution >= 4 is 23.1 Å². The molecule has 0 aromatic heterocycles. The molecule has 1 amide bonds. The number of carbonyl (C=O) groups excluding carboxylic acids is 2. The normalized spacial score (nSPS) is 16.4. The molecule has 6 nitrogen and oxygen atoms in total. The molecule has 0 bridgehead atoms. The van der Waals surface area contributed by atoms with Gasteiger partial charge in [0.1, 0.15) is 28.8 Å². The number of hydrogen-bond donors (Lipinski definition) is 1. The van der Waals surface area contributed by atoms with Gasteiger partial charge in [0.15, 0.2) is 0 Å². The Balaban J connectivity index is 1.70. The zero-order valence-corrected chi connectivity index (χ0v) is 21.6. The van der Waals surface area contributed by atoms with Crippen LogP contribution in [0, 0.1) is 19.7 Å². The maximum Gasteiger partial charge on any atom is 0.300 e. The van der Waals surface area contributed by atoms with Crippen LogP contribution >= 0.6 is 0 Å². The van der Waals surface area contributed by atoms with Crippen LogP contribution in [-0.4, -0.2) is 23.9 Å². The molecule has 4 aromatic carbocycles. The van der Waals surface area contributed by atoms with Crippen LogP contribution in [0.15, 0.2) is 96.6 Å². The Morgan fingerprint density at radius 1 is 0.846 bits per heavy atom. The highest BCUT2D eigenvalue weighted by Gasteiger charge is 2.47. The second kappa shape index (κ2) is 10.5. The van der Waals surface area contributed by atoms with E-state index in [0.717, 1.165) is 5.56 Å². The number of nitrogens with zero attached hydrogens (tertiary/aromatic N) is 1. The predicted molar refractivity (Wildman–Crippen MR) is 147 cm³/mol. The van der Waals surface area contributed by atoms with Gasteiger partial charge in [-0.15, -0.1) is 0 Å². The minimum absolute atomic E-state index is 0.103.